The van der Waals surface area contributed by atoms with Crippen molar-refractivity contribution in [3.05, 3.63) is 35.9 Å². The molecule has 0 fully saturated rings. The minimum atomic E-state index is -1.14. The quantitative estimate of drug-likeness (QED) is 0.701. The van der Waals surface area contributed by atoms with Crippen LogP contribution < -0.4 is 5.32 Å². The van der Waals surface area contributed by atoms with Gasteiger partial charge in [0.2, 0.25) is 0 Å². The Morgan fingerprint density at radius 2 is 1.93 bits per heavy atom. The molecule has 0 radical (unpaired) electrons. The molecule has 4 heteroatoms. The van der Waals surface area contributed by atoms with Crippen molar-refractivity contribution in [3.63, 3.8) is 0 Å². The van der Waals surface area contributed by atoms with Gasteiger partial charge in [-0.1, -0.05) is 30.3 Å². The summed E-state index contributed by atoms with van der Waals surface area (Å²) in [6, 6.07) is 8.22. The molecule has 0 aliphatic heterocycles. The predicted molar refractivity (Wildman–Crippen MR) is 55.4 cm³/mol. The van der Waals surface area contributed by atoms with E-state index < -0.39 is 17.8 Å². The summed E-state index contributed by atoms with van der Waals surface area (Å²) in [7, 11) is 0. The number of aliphatic carboxylic acids is 1. The van der Waals surface area contributed by atoms with Crippen LogP contribution in [0.3, 0.4) is 0 Å². The van der Waals surface area contributed by atoms with Crippen LogP contribution in [-0.2, 0) is 16.1 Å². The van der Waals surface area contributed by atoms with E-state index in [0.717, 1.165) is 5.56 Å². The summed E-state index contributed by atoms with van der Waals surface area (Å²) in [5.74, 6) is -1.53. The van der Waals surface area contributed by atoms with Gasteiger partial charge in [-0.05, 0) is 12.5 Å². The standard InChI is InChI=1S/C11H13NO3/c1-8(13)10(11(14)15)12-7-9-5-3-2-4-6-9/h2-6,10,12H,7H2,1H3,(H,14,15). The Hall–Kier alpha value is -1.68. The minimum Gasteiger partial charge on any atom is -0.480 e. The van der Waals surface area contributed by atoms with Gasteiger partial charge in [0.1, 0.15) is 0 Å². The van der Waals surface area contributed by atoms with Gasteiger partial charge in [0.25, 0.3) is 0 Å². The molecule has 1 rings (SSSR count). The third-order valence-electron chi connectivity index (χ3n) is 2.01. The number of carbonyl (C=O) groups is 2. The normalized spacial score (nSPS) is 12.1. The Kier molecular flexibility index (Phi) is 4.00. The van der Waals surface area contributed by atoms with Crippen LogP contribution in [0.15, 0.2) is 30.3 Å². The zero-order valence-corrected chi connectivity index (χ0v) is 8.43. The Morgan fingerprint density at radius 1 is 1.33 bits per heavy atom. The van der Waals surface area contributed by atoms with Crippen molar-refractivity contribution >= 4 is 11.8 Å². The van der Waals surface area contributed by atoms with Crippen molar-refractivity contribution in [2.24, 2.45) is 0 Å². The molecule has 1 unspecified atom stereocenters. The SMILES string of the molecule is CC(=O)C(NCc1ccccc1)C(=O)O. The number of carboxylic acids is 1. The lowest BCUT2D eigenvalue weighted by molar-refractivity contribution is -0.142. The van der Waals surface area contributed by atoms with Crippen molar-refractivity contribution in [2.75, 3.05) is 0 Å². The molecule has 1 aromatic carbocycles. The summed E-state index contributed by atoms with van der Waals surface area (Å²) < 4.78 is 0. The molecule has 0 saturated heterocycles. The number of Topliss-reactive ketones (excluding diaryl/α,β-unsaturated/α-hetero) is 1. The maximum atomic E-state index is 11.0. The Labute approximate surface area is 87.9 Å². The third kappa shape index (κ3) is 3.52. The van der Waals surface area contributed by atoms with Gasteiger partial charge in [-0.15, -0.1) is 0 Å². The van der Waals surface area contributed by atoms with E-state index in [1.807, 2.05) is 30.3 Å². The Morgan fingerprint density at radius 3 is 2.40 bits per heavy atom. The zero-order chi connectivity index (χ0) is 11.3. The molecule has 0 saturated carbocycles. The van der Waals surface area contributed by atoms with Gasteiger partial charge in [0, 0.05) is 6.54 Å². The Balaban J connectivity index is 2.55. The summed E-state index contributed by atoms with van der Waals surface area (Å²) in [5, 5.41) is 11.4. The number of benzene rings is 1. The molecule has 4 nitrogen and oxygen atoms in total. The number of nitrogens with one attached hydrogen (secondary N) is 1. The molecule has 0 amide bonds. The van der Waals surface area contributed by atoms with Crippen molar-refractivity contribution in [2.45, 2.75) is 19.5 Å². The molecule has 0 aromatic heterocycles. The molecule has 0 spiro atoms. The highest BCUT2D eigenvalue weighted by atomic mass is 16.4. The summed E-state index contributed by atoms with van der Waals surface area (Å²) in [6.45, 7) is 1.63. The van der Waals surface area contributed by atoms with Crippen LogP contribution in [0, 0.1) is 0 Å². The number of ketones is 1. The molecule has 0 heterocycles. The van der Waals surface area contributed by atoms with E-state index >= 15 is 0 Å². The minimum absolute atomic E-state index is 0.372. The van der Waals surface area contributed by atoms with Gasteiger partial charge >= 0.3 is 5.97 Å². The maximum absolute atomic E-state index is 11.0. The topological polar surface area (TPSA) is 66.4 Å². The van der Waals surface area contributed by atoms with Crippen LogP contribution in [0.5, 0.6) is 0 Å². The maximum Gasteiger partial charge on any atom is 0.328 e. The molecule has 1 atom stereocenters. The number of hydrogen-bond acceptors (Lipinski definition) is 3. The number of hydrogen-bond donors (Lipinski definition) is 2. The first-order valence-electron chi connectivity index (χ1n) is 4.62. The smallest absolute Gasteiger partial charge is 0.328 e. The molecule has 2 N–H and O–H groups in total. The summed E-state index contributed by atoms with van der Waals surface area (Å²) >= 11 is 0. The van der Waals surface area contributed by atoms with Crippen molar-refractivity contribution in [3.8, 4) is 0 Å². The second kappa shape index (κ2) is 5.26. The highest BCUT2D eigenvalue weighted by Gasteiger charge is 2.21. The van der Waals surface area contributed by atoms with Crippen LogP contribution in [-0.4, -0.2) is 22.9 Å². The summed E-state index contributed by atoms with van der Waals surface area (Å²) in [5.41, 5.74) is 0.949. The first-order valence-corrected chi connectivity index (χ1v) is 4.62. The van der Waals surface area contributed by atoms with Gasteiger partial charge in [-0.3, -0.25) is 14.9 Å². The van der Waals surface area contributed by atoms with Crippen LogP contribution in [0.25, 0.3) is 0 Å². The van der Waals surface area contributed by atoms with E-state index in [9.17, 15) is 9.59 Å². The van der Waals surface area contributed by atoms with Crippen molar-refractivity contribution in [1.82, 2.24) is 5.32 Å². The van der Waals surface area contributed by atoms with Gasteiger partial charge in [0.15, 0.2) is 11.8 Å². The lowest BCUT2D eigenvalue weighted by Crippen LogP contribution is -2.41. The van der Waals surface area contributed by atoms with Crippen LogP contribution in [0.2, 0.25) is 0 Å². The lowest BCUT2D eigenvalue weighted by atomic mass is 10.1. The number of carboxylic acid groups (broad SMARTS) is 1. The first kappa shape index (κ1) is 11.4. The molecule has 15 heavy (non-hydrogen) atoms. The van der Waals surface area contributed by atoms with E-state index in [4.69, 9.17) is 5.11 Å². The highest BCUT2D eigenvalue weighted by Crippen LogP contribution is 1.98. The second-order valence-electron chi connectivity index (χ2n) is 3.25. The fourth-order valence-corrected chi connectivity index (χ4v) is 1.22. The second-order valence-corrected chi connectivity index (χ2v) is 3.25. The van der Waals surface area contributed by atoms with E-state index in [0.29, 0.717) is 6.54 Å². The van der Waals surface area contributed by atoms with Gasteiger partial charge in [-0.25, -0.2) is 0 Å². The van der Waals surface area contributed by atoms with E-state index in [2.05, 4.69) is 5.32 Å². The van der Waals surface area contributed by atoms with Crippen molar-refractivity contribution in [1.29, 1.82) is 0 Å². The van der Waals surface area contributed by atoms with E-state index in [1.54, 1.807) is 0 Å². The molecule has 0 aliphatic carbocycles. The predicted octanol–water partition coefficient (Wildman–Crippen LogP) is 0.818. The largest absolute Gasteiger partial charge is 0.480 e. The lowest BCUT2D eigenvalue weighted by Gasteiger charge is -2.10. The fourth-order valence-electron chi connectivity index (χ4n) is 1.22. The molecular formula is C11H13NO3. The van der Waals surface area contributed by atoms with Crippen LogP contribution >= 0.6 is 0 Å². The molecule has 0 aliphatic rings. The number of carbonyl (C=O) groups excluding carboxylic acids is 1. The van der Waals surface area contributed by atoms with E-state index in [1.165, 1.54) is 6.92 Å². The van der Waals surface area contributed by atoms with Gasteiger partial charge in [0.05, 0.1) is 0 Å². The van der Waals surface area contributed by atoms with Crippen LogP contribution in [0.1, 0.15) is 12.5 Å². The third-order valence-corrected chi connectivity index (χ3v) is 2.01. The van der Waals surface area contributed by atoms with Crippen molar-refractivity contribution < 1.29 is 14.7 Å². The fraction of sp³-hybridized carbons (Fsp3) is 0.273. The zero-order valence-electron chi connectivity index (χ0n) is 8.43. The molecule has 0 bridgehead atoms. The van der Waals surface area contributed by atoms with Crippen LogP contribution in [0.4, 0.5) is 0 Å². The average Bonchev–Trinajstić information content (AvgIpc) is 2.18. The molecular weight excluding hydrogens is 194 g/mol. The average molecular weight is 207 g/mol. The van der Waals surface area contributed by atoms with Gasteiger partial charge in [-0.2, -0.15) is 0 Å². The highest BCUT2D eigenvalue weighted by molar-refractivity contribution is 6.01. The van der Waals surface area contributed by atoms with Gasteiger partial charge < -0.3 is 5.11 Å². The molecule has 1 aromatic rings. The summed E-state index contributed by atoms with van der Waals surface area (Å²) in [4.78, 5) is 21.6. The summed E-state index contributed by atoms with van der Waals surface area (Å²) in [6.07, 6.45) is 0. The Bertz CT molecular complexity index is 334. The van der Waals surface area contributed by atoms with E-state index in [-0.39, 0.29) is 0 Å². The first-order chi connectivity index (χ1) is 7.11. The molecule has 80 valence electrons. The number of rotatable bonds is 5. The monoisotopic (exact) mass is 207 g/mol.